The first-order chi connectivity index (χ1) is 11.9. The molecule has 0 radical (unpaired) electrons. The lowest BCUT2D eigenvalue weighted by Crippen LogP contribution is -2.40. The normalized spacial score (nSPS) is 23.3. The van der Waals surface area contributed by atoms with Crippen LogP contribution in [0, 0.1) is 12.3 Å². The maximum absolute atomic E-state index is 13.1. The standard InChI is InChI=1S/C20H19N3O2/c1-11-8-16-22-18(12-6-4-5-7-13(12)19(22)25)17-14(23(16)21-11)9-20(2,3)10-15(17)24/h4-8,18H,9-10H2,1-3H3. The number of ketones is 1. The average Bonchev–Trinajstić information content (AvgIpc) is 3.05. The van der Waals surface area contributed by atoms with E-state index < -0.39 is 0 Å². The van der Waals surface area contributed by atoms with Crippen LogP contribution in [0.1, 0.15) is 54.3 Å². The van der Waals surface area contributed by atoms with E-state index in [2.05, 4.69) is 18.9 Å². The van der Waals surface area contributed by atoms with Gasteiger partial charge in [-0.2, -0.15) is 5.10 Å². The number of allylic oxidation sites excluding steroid dienone is 1. The third-order valence-corrected chi connectivity index (χ3v) is 5.45. The second kappa shape index (κ2) is 4.48. The molecule has 0 N–H and O–H groups in total. The predicted octanol–water partition coefficient (Wildman–Crippen LogP) is 3.51. The van der Waals surface area contributed by atoms with Gasteiger partial charge in [0.05, 0.1) is 17.4 Å². The highest BCUT2D eigenvalue weighted by atomic mass is 16.2. The summed E-state index contributed by atoms with van der Waals surface area (Å²) in [5.74, 6) is 0.850. The number of aromatic nitrogens is 2. The van der Waals surface area contributed by atoms with Gasteiger partial charge in [-0.25, -0.2) is 4.68 Å². The number of anilines is 1. The van der Waals surface area contributed by atoms with Crippen LogP contribution < -0.4 is 4.90 Å². The largest absolute Gasteiger partial charge is 0.294 e. The Morgan fingerprint density at radius 2 is 1.92 bits per heavy atom. The molecule has 2 aromatic rings. The molecule has 126 valence electrons. The summed E-state index contributed by atoms with van der Waals surface area (Å²) < 4.78 is 1.82. The minimum absolute atomic E-state index is 0.0501. The fraction of sp³-hybridized carbons (Fsp3) is 0.350. The van der Waals surface area contributed by atoms with E-state index >= 15 is 0 Å². The van der Waals surface area contributed by atoms with Gasteiger partial charge in [0.1, 0.15) is 5.82 Å². The number of carbonyl (C=O) groups is 2. The molecule has 1 unspecified atom stereocenters. The summed E-state index contributed by atoms with van der Waals surface area (Å²) in [5.41, 5.74) is 4.06. The smallest absolute Gasteiger partial charge is 0.260 e. The summed E-state index contributed by atoms with van der Waals surface area (Å²) in [5, 5.41) is 4.61. The second-order valence-corrected chi connectivity index (χ2v) is 8.02. The molecule has 1 aromatic carbocycles. The summed E-state index contributed by atoms with van der Waals surface area (Å²) in [6.45, 7) is 6.15. The van der Waals surface area contributed by atoms with E-state index in [0.717, 1.165) is 34.8 Å². The average molecular weight is 333 g/mol. The Balaban J connectivity index is 1.84. The first-order valence-corrected chi connectivity index (χ1v) is 8.63. The minimum atomic E-state index is -0.314. The molecule has 0 saturated heterocycles. The highest BCUT2D eigenvalue weighted by molar-refractivity contribution is 6.16. The number of hydrogen-bond donors (Lipinski definition) is 0. The van der Waals surface area contributed by atoms with Gasteiger partial charge in [-0.3, -0.25) is 14.5 Å². The molecular weight excluding hydrogens is 314 g/mol. The number of benzene rings is 1. The molecule has 5 rings (SSSR count). The van der Waals surface area contributed by atoms with Crippen LogP contribution in [-0.4, -0.2) is 21.5 Å². The monoisotopic (exact) mass is 333 g/mol. The Morgan fingerprint density at radius 3 is 2.72 bits per heavy atom. The maximum Gasteiger partial charge on any atom is 0.260 e. The number of hydrogen-bond acceptors (Lipinski definition) is 3. The molecule has 0 saturated carbocycles. The molecule has 5 heteroatoms. The molecule has 5 nitrogen and oxygen atoms in total. The number of carbonyl (C=O) groups excluding carboxylic acids is 2. The zero-order valence-electron chi connectivity index (χ0n) is 14.5. The fourth-order valence-corrected chi connectivity index (χ4v) is 4.49. The molecule has 1 atom stereocenters. The Hall–Kier alpha value is -2.69. The lowest BCUT2D eigenvalue weighted by Gasteiger charge is -2.40. The number of nitrogens with zero attached hydrogens (tertiary/aromatic N) is 3. The van der Waals surface area contributed by atoms with E-state index in [9.17, 15) is 9.59 Å². The lowest BCUT2D eigenvalue weighted by atomic mass is 9.73. The lowest BCUT2D eigenvalue weighted by molar-refractivity contribution is -0.118. The van der Waals surface area contributed by atoms with Crippen LogP contribution in [0.3, 0.4) is 0 Å². The van der Waals surface area contributed by atoms with Crippen molar-refractivity contribution in [3.63, 3.8) is 0 Å². The molecule has 1 aromatic heterocycles. The van der Waals surface area contributed by atoms with Crippen molar-refractivity contribution in [1.29, 1.82) is 0 Å². The quantitative estimate of drug-likeness (QED) is 0.741. The zero-order chi connectivity index (χ0) is 17.5. The van der Waals surface area contributed by atoms with Crippen molar-refractivity contribution in [1.82, 2.24) is 9.78 Å². The summed E-state index contributed by atoms with van der Waals surface area (Å²) >= 11 is 0. The van der Waals surface area contributed by atoms with E-state index in [-0.39, 0.29) is 23.1 Å². The first kappa shape index (κ1) is 14.6. The predicted molar refractivity (Wildman–Crippen MR) is 94.2 cm³/mol. The van der Waals surface area contributed by atoms with Gasteiger partial charge >= 0.3 is 0 Å². The van der Waals surface area contributed by atoms with Gasteiger partial charge in [-0.05, 0) is 30.4 Å². The van der Waals surface area contributed by atoms with Crippen molar-refractivity contribution in [2.45, 2.75) is 39.7 Å². The van der Waals surface area contributed by atoms with E-state index in [1.54, 1.807) is 4.90 Å². The van der Waals surface area contributed by atoms with Crippen LogP contribution in [0.25, 0.3) is 5.70 Å². The van der Waals surface area contributed by atoms with Crippen LogP contribution in [0.4, 0.5) is 5.82 Å². The van der Waals surface area contributed by atoms with Gasteiger partial charge in [0, 0.05) is 23.6 Å². The van der Waals surface area contributed by atoms with Crippen molar-refractivity contribution in [2.24, 2.45) is 5.41 Å². The number of Topliss-reactive ketones (excluding diaryl/α,β-unsaturated/α-hetero) is 1. The van der Waals surface area contributed by atoms with Gasteiger partial charge in [0.15, 0.2) is 5.78 Å². The van der Waals surface area contributed by atoms with E-state index in [4.69, 9.17) is 0 Å². The second-order valence-electron chi connectivity index (χ2n) is 8.02. The highest BCUT2D eigenvalue weighted by Gasteiger charge is 2.50. The summed E-state index contributed by atoms with van der Waals surface area (Å²) in [7, 11) is 0. The van der Waals surface area contributed by atoms with Crippen molar-refractivity contribution in [3.8, 4) is 0 Å². The van der Waals surface area contributed by atoms with Crippen molar-refractivity contribution in [2.75, 3.05) is 4.90 Å². The Morgan fingerprint density at radius 1 is 1.16 bits per heavy atom. The van der Waals surface area contributed by atoms with Gasteiger partial charge < -0.3 is 0 Å². The molecule has 0 fully saturated rings. The van der Waals surface area contributed by atoms with Crippen LogP contribution in [0.5, 0.6) is 0 Å². The van der Waals surface area contributed by atoms with E-state index in [0.29, 0.717) is 12.0 Å². The summed E-state index contributed by atoms with van der Waals surface area (Å²) in [6.07, 6.45) is 1.28. The third kappa shape index (κ3) is 1.81. The van der Waals surface area contributed by atoms with Crippen LogP contribution in [0.15, 0.2) is 35.9 Å². The molecule has 0 spiro atoms. The van der Waals surface area contributed by atoms with Crippen LogP contribution in [0.2, 0.25) is 0 Å². The molecule has 1 amide bonds. The molecule has 0 bridgehead atoms. The summed E-state index contributed by atoms with van der Waals surface area (Å²) in [4.78, 5) is 27.9. The summed E-state index contributed by atoms with van der Waals surface area (Å²) in [6, 6.07) is 9.25. The highest BCUT2D eigenvalue weighted by Crippen LogP contribution is 2.52. The Labute approximate surface area is 145 Å². The van der Waals surface area contributed by atoms with Gasteiger partial charge in [-0.1, -0.05) is 32.0 Å². The first-order valence-electron chi connectivity index (χ1n) is 8.63. The van der Waals surface area contributed by atoms with Crippen molar-refractivity contribution in [3.05, 3.63) is 52.7 Å². The number of fused-ring (bicyclic) bond motifs is 7. The van der Waals surface area contributed by atoms with E-state index in [1.807, 2.05) is 41.9 Å². The van der Waals surface area contributed by atoms with Gasteiger partial charge in [-0.15, -0.1) is 0 Å². The maximum atomic E-state index is 13.1. The van der Waals surface area contributed by atoms with Crippen molar-refractivity contribution < 1.29 is 9.59 Å². The number of rotatable bonds is 0. The van der Waals surface area contributed by atoms with E-state index in [1.165, 1.54) is 0 Å². The van der Waals surface area contributed by atoms with Crippen LogP contribution in [-0.2, 0) is 4.79 Å². The molecule has 2 aliphatic heterocycles. The Bertz CT molecular complexity index is 996. The Kier molecular flexibility index (Phi) is 2.62. The van der Waals surface area contributed by atoms with Crippen molar-refractivity contribution >= 4 is 23.2 Å². The molecule has 3 aliphatic rings. The number of amides is 1. The SMILES string of the molecule is Cc1cc2n(n1)C1=C(C(=O)CC(C)(C)C1)C1c3ccccc3C(=O)N21. The molecule has 3 heterocycles. The van der Waals surface area contributed by atoms with Gasteiger partial charge in [0.25, 0.3) is 5.91 Å². The fourth-order valence-electron chi connectivity index (χ4n) is 4.49. The number of aryl methyl sites for hydroxylation is 1. The van der Waals surface area contributed by atoms with Crippen LogP contribution >= 0.6 is 0 Å². The zero-order valence-corrected chi connectivity index (χ0v) is 14.5. The molecule has 1 aliphatic carbocycles. The topological polar surface area (TPSA) is 55.2 Å². The molecular formula is C20H19N3O2. The minimum Gasteiger partial charge on any atom is -0.294 e. The van der Waals surface area contributed by atoms with Gasteiger partial charge in [0.2, 0.25) is 0 Å². The molecule has 25 heavy (non-hydrogen) atoms. The third-order valence-electron chi connectivity index (χ3n) is 5.45.